The van der Waals surface area contributed by atoms with E-state index in [2.05, 4.69) is 4.40 Å². The first kappa shape index (κ1) is 13.8. The molecule has 0 N–H and O–H groups in total. The Morgan fingerprint density at radius 1 is 1.28 bits per heavy atom. The number of hydrogen-bond donors (Lipinski definition) is 0. The van der Waals surface area contributed by atoms with E-state index in [1.165, 1.54) is 32.1 Å². The van der Waals surface area contributed by atoms with Crippen molar-refractivity contribution in [3.05, 3.63) is 0 Å². The first-order chi connectivity index (χ1) is 8.31. The Kier molecular flexibility index (Phi) is 3.72. The van der Waals surface area contributed by atoms with Crippen LogP contribution in [0.5, 0.6) is 0 Å². The minimum atomic E-state index is -3.41. The average molecular weight is 273 g/mol. The third-order valence-electron chi connectivity index (χ3n) is 4.22. The molecule has 2 aliphatic rings. The van der Waals surface area contributed by atoms with Gasteiger partial charge in [0, 0.05) is 6.42 Å². The Morgan fingerprint density at radius 2 is 1.89 bits per heavy atom. The van der Waals surface area contributed by atoms with Crippen molar-refractivity contribution >= 4 is 15.9 Å². The van der Waals surface area contributed by atoms with E-state index in [0.29, 0.717) is 18.2 Å². The molecule has 4 nitrogen and oxygen atoms in total. The van der Waals surface area contributed by atoms with E-state index < -0.39 is 20.9 Å². The van der Waals surface area contributed by atoms with Gasteiger partial charge in [0.05, 0.1) is 0 Å². The highest BCUT2D eigenvalue weighted by atomic mass is 32.2. The van der Waals surface area contributed by atoms with Gasteiger partial charge in [-0.05, 0) is 39.5 Å². The zero-order valence-corrected chi connectivity index (χ0v) is 12.3. The van der Waals surface area contributed by atoms with E-state index in [1.54, 1.807) is 6.92 Å². The average Bonchev–Trinajstić information content (AvgIpc) is 2.26. The van der Waals surface area contributed by atoms with Crippen molar-refractivity contribution in [1.82, 2.24) is 0 Å². The van der Waals surface area contributed by atoms with E-state index in [0.717, 1.165) is 0 Å². The molecular formula is C13H23NO3S. The molecule has 18 heavy (non-hydrogen) atoms. The molecule has 0 radical (unpaired) electrons. The molecule has 1 unspecified atom stereocenters. The van der Waals surface area contributed by atoms with Gasteiger partial charge in [-0.1, -0.05) is 19.3 Å². The fourth-order valence-electron chi connectivity index (χ4n) is 2.70. The quantitative estimate of drug-likeness (QED) is 0.777. The van der Waals surface area contributed by atoms with E-state index in [1.807, 2.05) is 13.8 Å². The van der Waals surface area contributed by atoms with Crippen LogP contribution in [0.2, 0.25) is 0 Å². The first-order valence-corrected chi connectivity index (χ1v) is 8.33. The highest BCUT2D eigenvalue weighted by molar-refractivity contribution is 7.91. The maximum Gasteiger partial charge on any atom is 0.262 e. The number of sulfonamides is 1. The standard InChI is InChI=1S/C13H23NO3S/c1-10-13(2,3)17-12(14-18(10,15)16)9-11-7-5-4-6-8-11/h10-11H,4-9H2,1-3H3. The molecule has 1 heterocycles. The van der Waals surface area contributed by atoms with Gasteiger partial charge >= 0.3 is 0 Å². The van der Waals surface area contributed by atoms with Crippen molar-refractivity contribution in [3.8, 4) is 0 Å². The van der Waals surface area contributed by atoms with Crippen LogP contribution in [-0.4, -0.2) is 25.2 Å². The predicted molar refractivity (Wildman–Crippen MR) is 72.2 cm³/mol. The topological polar surface area (TPSA) is 55.7 Å². The van der Waals surface area contributed by atoms with E-state index >= 15 is 0 Å². The van der Waals surface area contributed by atoms with Gasteiger partial charge in [-0.2, -0.15) is 0 Å². The van der Waals surface area contributed by atoms with Gasteiger partial charge in [-0.25, -0.2) is 8.42 Å². The van der Waals surface area contributed by atoms with Crippen LogP contribution in [0.4, 0.5) is 0 Å². The fraction of sp³-hybridized carbons (Fsp3) is 0.923. The van der Waals surface area contributed by atoms with Gasteiger partial charge in [-0.15, -0.1) is 4.40 Å². The molecular weight excluding hydrogens is 250 g/mol. The van der Waals surface area contributed by atoms with Crippen molar-refractivity contribution in [1.29, 1.82) is 0 Å². The summed E-state index contributed by atoms with van der Waals surface area (Å²) in [6.07, 6.45) is 6.78. The fourth-order valence-corrected chi connectivity index (χ4v) is 4.02. The zero-order chi connectivity index (χ0) is 13.4. The lowest BCUT2D eigenvalue weighted by molar-refractivity contribution is 0.0829. The van der Waals surface area contributed by atoms with Gasteiger partial charge in [0.1, 0.15) is 10.9 Å². The summed E-state index contributed by atoms with van der Waals surface area (Å²) in [5, 5.41) is -0.583. The molecule has 2 rings (SSSR count). The summed E-state index contributed by atoms with van der Waals surface area (Å²) in [5.74, 6) is 0.960. The Hall–Kier alpha value is -0.580. The second kappa shape index (κ2) is 4.83. The maximum atomic E-state index is 12.0. The third kappa shape index (κ3) is 2.87. The lowest BCUT2D eigenvalue weighted by Gasteiger charge is -2.36. The van der Waals surface area contributed by atoms with Crippen molar-refractivity contribution in [3.63, 3.8) is 0 Å². The van der Waals surface area contributed by atoms with Crippen LogP contribution in [0, 0.1) is 5.92 Å². The number of nitrogens with zero attached hydrogens (tertiary/aromatic N) is 1. The molecule has 1 saturated carbocycles. The molecule has 0 aromatic rings. The van der Waals surface area contributed by atoms with Gasteiger partial charge in [-0.3, -0.25) is 0 Å². The minimum absolute atomic E-state index is 0.421. The Bertz CT molecular complexity index is 433. The first-order valence-electron chi connectivity index (χ1n) is 6.83. The summed E-state index contributed by atoms with van der Waals surface area (Å²) in [6.45, 7) is 5.31. The Labute approximate surface area is 110 Å². The van der Waals surface area contributed by atoms with Gasteiger partial charge < -0.3 is 4.74 Å². The highest BCUT2D eigenvalue weighted by Crippen LogP contribution is 2.32. The number of hydrogen-bond acceptors (Lipinski definition) is 3. The van der Waals surface area contributed by atoms with Crippen molar-refractivity contribution in [2.24, 2.45) is 10.3 Å². The van der Waals surface area contributed by atoms with Crippen LogP contribution in [0.3, 0.4) is 0 Å². The maximum absolute atomic E-state index is 12.0. The molecule has 1 aliphatic heterocycles. The lowest BCUT2D eigenvalue weighted by atomic mass is 9.87. The summed E-state index contributed by atoms with van der Waals surface area (Å²) in [4.78, 5) is 0. The second-order valence-corrected chi connectivity index (χ2v) is 7.98. The lowest BCUT2D eigenvalue weighted by Crippen LogP contribution is -2.47. The Balaban J connectivity index is 2.13. The van der Waals surface area contributed by atoms with Gasteiger partial charge in [0.15, 0.2) is 0 Å². The van der Waals surface area contributed by atoms with Crippen LogP contribution in [0.1, 0.15) is 59.3 Å². The minimum Gasteiger partial charge on any atom is -0.473 e. The summed E-state index contributed by atoms with van der Waals surface area (Å²) >= 11 is 0. The van der Waals surface area contributed by atoms with E-state index in [4.69, 9.17) is 4.74 Å². The van der Waals surface area contributed by atoms with E-state index in [9.17, 15) is 8.42 Å². The van der Waals surface area contributed by atoms with Crippen molar-refractivity contribution < 1.29 is 13.2 Å². The van der Waals surface area contributed by atoms with Crippen molar-refractivity contribution in [2.45, 2.75) is 70.1 Å². The summed E-state index contributed by atoms with van der Waals surface area (Å²) in [6, 6.07) is 0. The summed E-state index contributed by atoms with van der Waals surface area (Å²) in [7, 11) is -3.41. The van der Waals surface area contributed by atoms with Crippen LogP contribution in [-0.2, 0) is 14.8 Å². The largest absolute Gasteiger partial charge is 0.473 e. The SMILES string of the molecule is CC1C(C)(C)OC(CC2CCCCC2)=NS1(=O)=O. The Morgan fingerprint density at radius 3 is 2.44 bits per heavy atom. The molecule has 1 fully saturated rings. The number of ether oxygens (including phenoxy) is 1. The third-order valence-corrected chi connectivity index (χ3v) is 6.14. The molecule has 0 saturated heterocycles. The molecule has 5 heteroatoms. The van der Waals surface area contributed by atoms with Crippen LogP contribution >= 0.6 is 0 Å². The molecule has 1 aliphatic carbocycles. The molecule has 1 atom stereocenters. The molecule has 0 spiro atoms. The van der Waals surface area contributed by atoms with Crippen molar-refractivity contribution in [2.75, 3.05) is 0 Å². The zero-order valence-electron chi connectivity index (χ0n) is 11.5. The van der Waals surface area contributed by atoms with Gasteiger partial charge in [0.25, 0.3) is 10.0 Å². The van der Waals surface area contributed by atoms with Crippen LogP contribution in [0.25, 0.3) is 0 Å². The predicted octanol–water partition coefficient (Wildman–Crippen LogP) is 2.88. The van der Waals surface area contributed by atoms with Gasteiger partial charge in [0.2, 0.25) is 5.90 Å². The monoisotopic (exact) mass is 273 g/mol. The summed E-state index contributed by atoms with van der Waals surface area (Å²) in [5.41, 5.74) is -0.676. The normalized spacial score (nSPS) is 31.5. The van der Waals surface area contributed by atoms with Crippen LogP contribution < -0.4 is 0 Å². The van der Waals surface area contributed by atoms with E-state index in [-0.39, 0.29) is 0 Å². The second-order valence-electron chi connectivity index (χ2n) is 6.06. The van der Waals surface area contributed by atoms with Crippen LogP contribution in [0.15, 0.2) is 4.40 Å². The molecule has 0 aromatic heterocycles. The number of rotatable bonds is 2. The summed E-state index contributed by atoms with van der Waals surface area (Å²) < 4.78 is 33.6. The molecule has 0 amide bonds. The molecule has 0 aromatic carbocycles. The smallest absolute Gasteiger partial charge is 0.262 e. The molecule has 0 bridgehead atoms. The highest BCUT2D eigenvalue weighted by Gasteiger charge is 2.43. The molecule has 104 valence electrons.